The van der Waals surface area contributed by atoms with Crippen LogP contribution in [0.25, 0.3) is 0 Å². The van der Waals surface area contributed by atoms with Gasteiger partial charge >= 0.3 is 0 Å². The van der Waals surface area contributed by atoms with E-state index < -0.39 is 20.0 Å². The van der Waals surface area contributed by atoms with Gasteiger partial charge in [-0.05, 0) is 53.6 Å². The molecule has 4 fully saturated rings. The minimum Gasteiger partial charge on any atom is -0.314 e. The van der Waals surface area contributed by atoms with Crippen molar-refractivity contribution in [3.8, 4) is 0 Å². The largest absolute Gasteiger partial charge is 0.314 e. The molecule has 4 aliphatic heterocycles. The fourth-order valence-corrected chi connectivity index (χ4v) is 6.05. The highest BCUT2D eigenvalue weighted by Crippen LogP contribution is 2.24. The molecule has 210 valence electrons. The Morgan fingerprint density at radius 1 is 0.800 bits per heavy atom. The molecule has 4 saturated heterocycles. The number of halogens is 2. The van der Waals surface area contributed by atoms with Gasteiger partial charge in [-0.25, -0.2) is 27.1 Å². The molecule has 11 nitrogen and oxygen atoms in total. The molecule has 4 aliphatic rings. The highest BCUT2D eigenvalue weighted by Gasteiger charge is 2.39. The summed E-state index contributed by atoms with van der Waals surface area (Å²) in [7, 11) is -6.65. The van der Waals surface area contributed by atoms with Crippen LogP contribution in [0.4, 0.5) is 0 Å². The van der Waals surface area contributed by atoms with E-state index in [1.165, 1.54) is 13.8 Å². The fourth-order valence-electron chi connectivity index (χ4n) is 4.38. The monoisotopic (exact) mass is 582 g/mol. The van der Waals surface area contributed by atoms with Crippen LogP contribution in [0.2, 0.25) is 0 Å². The molecule has 0 aromatic rings. The lowest BCUT2D eigenvalue weighted by molar-refractivity contribution is -0.115. The number of nitrogens with two attached hydrogens (primary N) is 2. The molecule has 4 rings (SSSR count). The van der Waals surface area contributed by atoms with Crippen molar-refractivity contribution in [3.63, 3.8) is 0 Å². The Bertz CT molecular complexity index is 863. The summed E-state index contributed by atoms with van der Waals surface area (Å²) in [4.78, 5) is 16.3. The lowest BCUT2D eigenvalue weighted by Gasteiger charge is -2.46. The highest BCUT2D eigenvalue weighted by atomic mass is 35.5. The van der Waals surface area contributed by atoms with E-state index >= 15 is 0 Å². The molecule has 2 atom stereocenters. The van der Waals surface area contributed by atoms with E-state index in [1.54, 1.807) is 0 Å². The van der Waals surface area contributed by atoms with Crippen molar-refractivity contribution < 1.29 is 21.6 Å². The van der Waals surface area contributed by atoms with Crippen LogP contribution in [-0.2, 0) is 24.8 Å². The normalized spacial score (nSPS) is 26.3. The maximum Gasteiger partial charge on any atom is 0.213 e. The maximum absolute atomic E-state index is 11.2. The molecule has 0 spiro atoms. The first-order chi connectivity index (χ1) is 15.2. The zero-order chi connectivity index (χ0) is 25.0. The van der Waals surface area contributed by atoms with Crippen molar-refractivity contribution >= 4 is 50.6 Å². The number of likely N-dealkylation sites (tertiary alicyclic amines) is 3. The van der Waals surface area contributed by atoms with Crippen molar-refractivity contribution in [2.45, 2.75) is 69.2 Å². The van der Waals surface area contributed by atoms with Crippen LogP contribution in [0.3, 0.4) is 0 Å². The molecular weight excluding hydrogens is 539 g/mol. The van der Waals surface area contributed by atoms with Gasteiger partial charge < -0.3 is 10.1 Å². The van der Waals surface area contributed by atoms with Gasteiger partial charge in [0.15, 0.2) is 0 Å². The van der Waals surface area contributed by atoms with Gasteiger partial charge in [0.05, 0.1) is 10.5 Å². The third-order valence-corrected chi connectivity index (χ3v) is 9.32. The molecule has 5 N–H and O–H groups in total. The Morgan fingerprint density at radius 2 is 1.17 bits per heavy atom. The van der Waals surface area contributed by atoms with Gasteiger partial charge in [-0.1, -0.05) is 0 Å². The molecule has 0 radical (unpaired) electrons. The van der Waals surface area contributed by atoms with Gasteiger partial charge in [-0.2, -0.15) is 0 Å². The zero-order valence-electron chi connectivity index (χ0n) is 21.1. The van der Waals surface area contributed by atoms with Gasteiger partial charge in [0.2, 0.25) is 20.0 Å². The van der Waals surface area contributed by atoms with E-state index in [2.05, 4.69) is 33.9 Å². The maximum atomic E-state index is 11.2. The smallest absolute Gasteiger partial charge is 0.213 e. The van der Waals surface area contributed by atoms with Crippen LogP contribution in [0.5, 0.6) is 0 Å². The summed E-state index contributed by atoms with van der Waals surface area (Å²) in [6, 6.07) is 1.66. The molecule has 0 amide bonds. The van der Waals surface area contributed by atoms with E-state index in [-0.39, 0.29) is 41.1 Å². The number of ketones is 1. The molecule has 0 aliphatic carbocycles. The van der Waals surface area contributed by atoms with Gasteiger partial charge in [-0.15, -0.1) is 24.8 Å². The van der Waals surface area contributed by atoms with E-state index in [4.69, 9.17) is 10.3 Å². The number of carbonyl (C=O) groups excluding carboxylic acids is 1. The van der Waals surface area contributed by atoms with Crippen LogP contribution in [0.15, 0.2) is 0 Å². The predicted molar refractivity (Wildman–Crippen MR) is 144 cm³/mol. The number of carbonyl (C=O) groups is 1. The van der Waals surface area contributed by atoms with Gasteiger partial charge in [0.1, 0.15) is 5.78 Å². The number of primary sulfonamides is 2. The van der Waals surface area contributed by atoms with Crippen molar-refractivity contribution in [1.29, 1.82) is 0 Å². The number of hydrogen-bond donors (Lipinski definition) is 3. The van der Waals surface area contributed by atoms with Gasteiger partial charge in [0.25, 0.3) is 0 Å². The average molecular weight is 584 g/mol. The molecule has 35 heavy (non-hydrogen) atoms. The molecule has 0 bridgehead atoms. The Hall–Kier alpha value is -0.0900. The number of hydrogen-bond acceptors (Lipinski definition) is 9. The SMILES string of the molecule is CC(C)=O.CC(C)N1CC(N2CCC(S(N)(=O)=O)C2)C1.Cl.Cl.NS(=O)(=O)C1CCN(C2CNC2)C1. The Labute approximate surface area is 223 Å². The van der Waals surface area contributed by atoms with Gasteiger partial charge in [0, 0.05) is 57.4 Å². The van der Waals surface area contributed by atoms with Crippen molar-refractivity contribution in [2.75, 3.05) is 52.4 Å². The Morgan fingerprint density at radius 3 is 1.43 bits per heavy atom. The van der Waals surface area contributed by atoms with Gasteiger partial charge in [-0.3, -0.25) is 14.7 Å². The van der Waals surface area contributed by atoms with Crippen molar-refractivity contribution in [2.24, 2.45) is 10.3 Å². The first kappa shape index (κ1) is 34.9. The Kier molecular flexibility index (Phi) is 14.7. The predicted octanol–water partition coefficient (Wildman–Crippen LogP) is -0.798. The third-order valence-electron chi connectivity index (χ3n) is 6.70. The third kappa shape index (κ3) is 11.0. The summed E-state index contributed by atoms with van der Waals surface area (Å²) in [5, 5.41) is 12.7. The van der Waals surface area contributed by atoms with E-state index in [1.807, 2.05) is 0 Å². The summed E-state index contributed by atoms with van der Waals surface area (Å²) >= 11 is 0. The number of sulfonamides is 2. The molecular formula is C20H44Cl2N6O5S2. The lowest BCUT2D eigenvalue weighted by Crippen LogP contribution is -2.60. The molecule has 15 heteroatoms. The second-order valence-corrected chi connectivity index (χ2v) is 13.6. The second kappa shape index (κ2) is 14.7. The zero-order valence-corrected chi connectivity index (χ0v) is 24.4. The van der Waals surface area contributed by atoms with Crippen molar-refractivity contribution in [1.82, 2.24) is 20.0 Å². The molecule has 0 aromatic carbocycles. The first-order valence-electron chi connectivity index (χ1n) is 11.6. The van der Waals surface area contributed by atoms with E-state index in [0.29, 0.717) is 44.1 Å². The van der Waals surface area contributed by atoms with Crippen LogP contribution >= 0.6 is 24.8 Å². The molecule has 2 unspecified atom stereocenters. The first-order valence-corrected chi connectivity index (χ1v) is 14.8. The molecule has 0 saturated carbocycles. The number of nitrogens with one attached hydrogen (secondary N) is 1. The Balaban J connectivity index is 0.000000553. The minimum atomic E-state index is -3.34. The summed E-state index contributed by atoms with van der Waals surface area (Å²) in [6.07, 6.45) is 1.38. The summed E-state index contributed by atoms with van der Waals surface area (Å²) in [6.45, 7) is 14.5. The molecule has 4 heterocycles. The number of rotatable bonds is 5. The summed E-state index contributed by atoms with van der Waals surface area (Å²) in [5.74, 6) is 0.167. The summed E-state index contributed by atoms with van der Waals surface area (Å²) in [5.41, 5.74) is 0. The quantitative estimate of drug-likeness (QED) is 0.377. The van der Waals surface area contributed by atoms with E-state index in [9.17, 15) is 21.6 Å². The fraction of sp³-hybridized carbons (Fsp3) is 0.950. The minimum absolute atomic E-state index is 0. The lowest BCUT2D eigenvalue weighted by atomic mass is 10.1. The standard InChI is InChI=1S/C10H21N3O2S.C7H15N3O2S.C3H6O.2ClH/c1-8(2)13-5-9(6-13)12-4-3-10(7-12)16(11,14)15;8-13(11,12)7-1-2-10(5-7)6-3-9-4-6;1-3(2)4;;/h8-10H,3-7H2,1-2H3,(H2,11,14,15);6-7,9H,1-5H2,(H2,8,11,12);1-2H3;2*1H. The van der Waals surface area contributed by atoms with Crippen molar-refractivity contribution in [3.05, 3.63) is 0 Å². The van der Waals surface area contributed by atoms with Crippen LogP contribution < -0.4 is 15.6 Å². The van der Waals surface area contributed by atoms with Crippen LogP contribution in [0, 0.1) is 0 Å². The van der Waals surface area contributed by atoms with Crippen LogP contribution in [0.1, 0.15) is 40.5 Å². The highest BCUT2D eigenvalue weighted by molar-refractivity contribution is 7.90. The topological polar surface area (TPSA) is 159 Å². The summed E-state index contributed by atoms with van der Waals surface area (Å²) < 4.78 is 44.5. The molecule has 0 aromatic heterocycles. The average Bonchev–Trinajstić information content (AvgIpc) is 3.20. The van der Waals surface area contributed by atoms with E-state index in [0.717, 1.165) is 39.3 Å². The number of nitrogens with zero attached hydrogens (tertiary/aromatic N) is 3. The van der Waals surface area contributed by atoms with Crippen LogP contribution in [-0.4, -0.2) is 118 Å². The second-order valence-electron chi connectivity index (χ2n) is 9.91. The number of Topliss-reactive ketones (excluding diaryl/α,β-unsaturated/α-hetero) is 1.